The minimum Gasteiger partial charge on any atom is -0.464 e. The molecule has 0 bridgehead atoms. The first-order valence-corrected chi connectivity index (χ1v) is 9.69. The minimum absolute atomic E-state index is 0.328. The van der Waals surface area contributed by atoms with Crippen molar-refractivity contribution in [3.8, 4) is 11.3 Å². The molecule has 134 valence electrons. The van der Waals surface area contributed by atoms with Crippen molar-refractivity contribution < 1.29 is 17.6 Å². The number of nitrogens with one attached hydrogen (secondary N) is 1. The van der Waals surface area contributed by atoms with Crippen molar-refractivity contribution in [1.82, 2.24) is 0 Å². The molecule has 0 unspecified atom stereocenters. The molecule has 7 heteroatoms. The van der Waals surface area contributed by atoms with Crippen molar-refractivity contribution in [2.24, 2.45) is 0 Å². The Morgan fingerprint density at radius 1 is 1.04 bits per heavy atom. The maximum absolute atomic E-state index is 12.5. The highest BCUT2D eigenvalue weighted by molar-refractivity contribution is 7.92. The van der Waals surface area contributed by atoms with E-state index in [4.69, 9.17) is 4.42 Å². The van der Waals surface area contributed by atoms with Gasteiger partial charge < -0.3 is 9.73 Å². The van der Waals surface area contributed by atoms with Gasteiger partial charge in [0.15, 0.2) is 0 Å². The van der Waals surface area contributed by atoms with Crippen LogP contribution >= 0.6 is 0 Å². The monoisotopic (exact) mass is 370 g/mol. The first kappa shape index (κ1) is 17.8. The quantitative estimate of drug-likeness (QED) is 0.744. The van der Waals surface area contributed by atoms with E-state index >= 15 is 0 Å². The number of amides is 1. The van der Waals surface area contributed by atoms with Gasteiger partial charge >= 0.3 is 0 Å². The van der Waals surface area contributed by atoms with Gasteiger partial charge in [0.25, 0.3) is 5.91 Å². The van der Waals surface area contributed by atoms with Gasteiger partial charge in [0.05, 0.1) is 23.9 Å². The lowest BCUT2D eigenvalue weighted by Gasteiger charge is -2.21. The molecular formula is C19H18N2O4S. The third-order valence-corrected chi connectivity index (χ3v) is 5.11. The zero-order valence-electron chi connectivity index (χ0n) is 14.3. The summed E-state index contributed by atoms with van der Waals surface area (Å²) in [7, 11) is -2.05. The number of hydrogen-bond donors (Lipinski definition) is 1. The van der Waals surface area contributed by atoms with Crippen LogP contribution in [0.5, 0.6) is 0 Å². The van der Waals surface area contributed by atoms with E-state index in [1.165, 1.54) is 7.05 Å². The van der Waals surface area contributed by atoms with Gasteiger partial charge in [-0.05, 0) is 42.5 Å². The number of carbonyl (C=O) groups excluding carboxylic acids is 1. The zero-order valence-corrected chi connectivity index (χ0v) is 15.2. The smallest absolute Gasteiger partial charge is 0.255 e. The Bertz CT molecular complexity index is 1010. The molecule has 1 N–H and O–H groups in total. The Kier molecular flexibility index (Phi) is 4.81. The third-order valence-electron chi connectivity index (χ3n) is 3.92. The van der Waals surface area contributed by atoms with E-state index in [9.17, 15) is 13.2 Å². The second-order valence-electron chi connectivity index (χ2n) is 5.76. The van der Waals surface area contributed by atoms with Crippen LogP contribution in [0.25, 0.3) is 11.3 Å². The van der Waals surface area contributed by atoms with Crippen LogP contribution in [0.15, 0.2) is 71.3 Å². The van der Waals surface area contributed by atoms with Crippen LogP contribution in [0.3, 0.4) is 0 Å². The molecule has 0 saturated carbocycles. The van der Waals surface area contributed by atoms with Crippen molar-refractivity contribution in [3.05, 3.63) is 72.5 Å². The predicted octanol–water partition coefficient (Wildman–Crippen LogP) is 3.59. The Hall–Kier alpha value is -3.06. The van der Waals surface area contributed by atoms with Crippen LogP contribution in [0.1, 0.15) is 10.4 Å². The summed E-state index contributed by atoms with van der Waals surface area (Å²) < 4.78 is 30.4. The molecule has 0 atom stereocenters. The van der Waals surface area contributed by atoms with E-state index < -0.39 is 10.0 Å². The van der Waals surface area contributed by atoms with Gasteiger partial charge in [0, 0.05) is 18.2 Å². The summed E-state index contributed by atoms with van der Waals surface area (Å²) in [4.78, 5) is 12.5. The van der Waals surface area contributed by atoms with Gasteiger partial charge in [-0.2, -0.15) is 0 Å². The minimum atomic E-state index is -3.49. The molecule has 0 saturated heterocycles. The van der Waals surface area contributed by atoms with Crippen LogP contribution in [-0.4, -0.2) is 27.6 Å². The molecule has 3 aromatic rings. The molecule has 1 aromatic heterocycles. The van der Waals surface area contributed by atoms with E-state index in [1.807, 2.05) is 6.07 Å². The average Bonchev–Trinajstić information content (AvgIpc) is 3.16. The summed E-state index contributed by atoms with van der Waals surface area (Å²) in [6.07, 6.45) is 2.66. The molecule has 0 aliphatic rings. The molecule has 0 aliphatic carbocycles. The first-order chi connectivity index (χ1) is 12.4. The molecule has 1 amide bonds. The summed E-state index contributed by atoms with van der Waals surface area (Å²) in [5.74, 6) is 0.291. The van der Waals surface area contributed by atoms with Crippen molar-refractivity contribution in [2.45, 2.75) is 0 Å². The summed E-state index contributed by atoms with van der Waals surface area (Å²) >= 11 is 0. The molecule has 0 radical (unpaired) electrons. The molecule has 0 spiro atoms. The third kappa shape index (κ3) is 3.78. The number of carbonyl (C=O) groups is 1. The number of hydrogen-bond acceptors (Lipinski definition) is 4. The van der Waals surface area contributed by atoms with Gasteiger partial charge in [0.2, 0.25) is 10.0 Å². The van der Waals surface area contributed by atoms with Crippen LogP contribution in [-0.2, 0) is 10.0 Å². The predicted molar refractivity (Wildman–Crippen MR) is 102 cm³/mol. The maximum Gasteiger partial charge on any atom is 0.255 e. The topological polar surface area (TPSA) is 79.6 Å². The molecule has 6 nitrogen and oxygen atoms in total. The molecule has 0 aliphatic heterocycles. The molecule has 26 heavy (non-hydrogen) atoms. The standard InChI is InChI=1S/C19H18N2O4S/c1-21(26(2,23)24)17-11-10-15(18-9-6-12-25-18)13-16(17)20-19(22)14-7-4-3-5-8-14/h3-13H,1-2H3,(H,20,22). The number of benzene rings is 2. The highest BCUT2D eigenvalue weighted by Gasteiger charge is 2.19. The number of rotatable bonds is 5. The Labute approximate surface area is 152 Å². The van der Waals surface area contributed by atoms with Crippen molar-refractivity contribution >= 4 is 27.3 Å². The highest BCUT2D eigenvalue weighted by Crippen LogP contribution is 2.32. The molecule has 1 heterocycles. The fourth-order valence-corrected chi connectivity index (χ4v) is 2.99. The maximum atomic E-state index is 12.5. The van der Waals surface area contributed by atoms with Crippen LogP contribution in [0.2, 0.25) is 0 Å². The molecule has 0 fully saturated rings. The Morgan fingerprint density at radius 2 is 1.77 bits per heavy atom. The fraction of sp³-hybridized carbons (Fsp3) is 0.105. The zero-order chi connectivity index (χ0) is 18.7. The summed E-state index contributed by atoms with van der Waals surface area (Å²) in [6.45, 7) is 0. The molecular weight excluding hydrogens is 352 g/mol. The molecule has 3 rings (SSSR count). The SMILES string of the molecule is CN(c1ccc(-c2ccco2)cc1NC(=O)c1ccccc1)S(C)(=O)=O. The lowest BCUT2D eigenvalue weighted by molar-refractivity contribution is 0.102. The second-order valence-corrected chi connectivity index (χ2v) is 7.77. The lowest BCUT2D eigenvalue weighted by Crippen LogP contribution is -2.26. The fourth-order valence-electron chi connectivity index (χ4n) is 2.47. The highest BCUT2D eigenvalue weighted by atomic mass is 32.2. The van der Waals surface area contributed by atoms with Crippen molar-refractivity contribution in [3.63, 3.8) is 0 Å². The largest absolute Gasteiger partial charge is 0.464 e. The number of nitrogens with zero attached hydrogens (tertiary/aromatic N) is 1. The van der Waals surface area contributed by atoms with Crippen LogP contribution in [0.4, 0.5) is 11.4 Å². The van der Waals surface area contributed by atoms with Gasteiger partial charge in [-0.3, -0.25) is 9.10 Å². The Morgan fingerprint density at radius 3 is 2.38 bits per heavy atom. The number of sulfonamides is 1. The lowest BCUT2D eigenvalue weighted by atomic mass is 10.1. The summed E-state index contributed by atoms with van der Waals surface area (Å²) in [6, 6.07) is 17.3. The first-order valence-electron chi connectivity index (χ1n) is 7.84. The number of furan rings is 1. The van der Waals surface area contributed by atoms with E-state index in [1.54, 1.807) is 60.9 Å². The summed E-state index contributed by atoms with van der Waals surface area (Å²) in [5, 5.41) is 2.80. The van der Waals surface area contributed by atoms with Crippen LogP contribution in [0, 0.1) is 0 Å². The van der Waals surface area contributed by atoms with E-state index in [2.05, 4.69) is 5.32 Å². The van der Waals surface area contributed by atoms with Gasteiger partial charge in [-0.1, -0.05) is 18.2 Å². The Balaban J connectivity index is 2.04. The summed E-state index contributed by atoms with van der Waals surface area (Å²) in [5.41, 5.74) is 1.95. The van der Waals surface area contributed by atoms with Crippen LogP contribution < -0.4 is 9.62 Å². The van der Waals surface area contributed by atoms with Crippen molar-refractivity contribution in [1.29, 1.82) is 0 Å². The van der Waals surface area contributed by atoms with E-state index in [-0.39, 0.29) is 5.91 Å². The molecule has 2 aromatic carbocycles. The average molecular weight is 370 g/mol. The van der Waals surface area contributed by atoms with Gasteiger partial charge in [-0.25, -0.2) is 8.42 Å². The number of anilines is 2. The van der Waals surface area contributed by atoms with Crippen molar-refractivity contribution in [2.75, 3.05) is 22.9 Å². The van der Waals surface area contributed by atoms with E-state index in [0.29, 0.717) is 22.7 Å². The normalized spacial score (nSPS) is 11.2. The second kappa shape index (κ2) is 7.05. The van der Waals surface area contributed by atoms with E-state index in [0.717, 1.165) is 16.1 Å². The van der Waals surface area contributed by atoms with Gasteiger partial charge in [-0.15, -0.1) is 0 Å². The van der Waals surface area contributed by atoms with Gasteiger partial charge in [0.1, 0.15) is 5.76 Å².